The molecule has 0 radical (unpaired) electrons. The molecule has 0 atom stereocenters. The van der Waals surface area contributed by atoms with Crippen LogP contribution in [0.2, 0.25) is 0 Å². The molecule has 2 aromatic carbocycles. The SMILES string of the molecule is COc1cc(OC)cc(C(=O)N/N=C\c2cc(I)c(OC(C)C)c(OC)c2)c1. The molecule has 8 heteroatoms. The number of nitrogens with zero attached hydrogens (tertiary/aromatic N) is 1. The molecule has 2 aromatic rings. The highest BCUT2D eigenvalue weighted by atomic mass is 127. The van der Waals surface area contributed by atoms with Gasteiger partial charge in [-0.1, -0.05) is 0 Å². The predicted molar refractivity (Wildman–Crippen MR) is 116 cm³/mol. The van der Waals surface area contributed by atoms with Crippen LogP contribution >= 0.6 is 22.6 Å². The largest absolute Gasteiger partial charge is 0.497 e. The van der Waals surface area contributed by atoms with Crippen molar-refractivity contribution in [3.63, 3.8) is 0 Å². The average molecular weight is 498 g/mol. The molecule has 1 N–H and O–H groups in total. The average Bonchev–Trinajstić information content (AvgIpc) is 2.68. The molecule has 0 fully saturated rings. The smallest absolute Gasteiger partial charge is 0.271 e. The van der Waals surface area contributed by atoms with Gasteiger partial charge < -0.3 is 18.9 Å². The molecular formula is C20H23IN2O5. The Hall–Kier alpha value is -2.49. The van der Waals surface area contributed by atoms with Gasteiger partial charge in [-0.05, 0) is 66.3 Å². The van der Waals surface area contributed by atoms with E-state index in [-0.39, 0.29) is 12.0 Å². The Balaban J connectivity index is 2.16. The van der Waals surface area contributed by atoms with Crippen LogP contribution in [0.25, 0.3) is 0 Å². The maximum absolute atomic E-state index is 12.4. The number of carbonyl (C=O) groups excluding carboxylic acids is 1. The van der Waals surface area contributed by atoms with Gasteiger partial charge in [0.2, 0.25) is 0 Å². The van der Waals surface area contributed by atoms with E-state index in [4.69, 9.17) is 18.9 Å². The Morgan fingerprint density at radius 2 is 1.68 bits per heavy atom. The van der Waals surface area contributed by atoms with E-state index in [9.17, 15) is 4.79 Å². The van der Waals surface area contributed by atoms with Gasteiger partial charge in [0.25, 0.3) is 5.91 Å². The van der Waals surface area contributed by atoms with Crippen molar-refractivity contribution in [3.8, 4) is 23.0 Å². The standard InChI is InChI=1S/C20H23IN2O5/c1-12(2)28-19-17(21)6-13(7-18(19)27-5)11-22-23-20(24)14-8-15(25-3)10-16(9-14)26-4/h6-12H,1-5H3,(H,23,24)/b22-11-. The number of hydrazone groups is 1. The van der Waals surface area contributed by atoms with E-state index in [1.165, 1.54) is 14.2 Å². The molecule has 0 heterocycles. The minimum atomic E-state index is -0.380. The van der Waals surface area contributed by atoms with Crippen molar-refractivity contribution in [2.75, 3.05) is 21.3 Å². The monoisotopic (exact) mass is 498 g/mol. The van der Waals surface area contributed by atoms with E-state index in [2.05, 4.69) is 33.1 Å². The van der Waals surface area contributed by atoms with Gasteiger partial charge in [-0.15, -0.1) is 0 Å². The minimum Gasteiger partial charge on any atom is -0.497 e. The van der Waals surface area contributed by atoms with Crippen LogP contribution in [-0.4, -0.2) is 39.6 Å². The second-order valence-corrected chi connectivity index (χ2v) is 7.16. The summed E-state index contributed by atoms with van der Waals surface area (Å²) in [6.07, 6.45) is 1.57. The van der Waals surface area contributed by atoms with Crippen molar-refractivity contribution < 1.29 is 23.7 Å². The summed E-state index contributed by atoms with van der Waals surface area (Å²) in [6, 6.07) is 8.60. The number of carbonyl (C=O) groups is 1. The maximum atomic E-state index is 12.4. The number of nitrogens with one attached hydrogen (secondary N) is 1. The summed E-state index contributed by atoms with van der Waals surface area (Å²) in [4.78, 5) is 12.4. The fourth-order valence-electron chi connectivity index (χ4n) is 2.33. The molecule has 0 aliphatic carbocycles. The zero-order valence-corrected chi connectivity index (χ0v) is 18.6. The van der Waals surface area contributed by atoms with E-state index in [1.807, 2.05) is 19.9 Å². The fraction of sp³-hybridized carbons (Fsp3) is 0.300. The Morgan fingerprint density at radius 1 is 1.04 bits per heavy atom. The molecule has 0 unspecified atom stereocenters. The summed E-state index contributed by atoms with van der Waals surface area (Å²) in [5.74, 6) is 1.95. The van der Waals surface area contributed by atoms with Crippen molar-refractivity contribution in [2.24, 2.45) is 5.10 Å². The molecule has 2 rings (SSSR count). The molecule has 7 nitrogen and oxygen atoms in total. The van der Waals surface area contributed by atoms with Crippen molar-refractivity contribution in [1.82, 2.24) is 5.43 Å². The molecule has 28 heavy (non-hydrogen) atoms. The molecule has 150 valence electrons. The van der Waals surface area contributed by atoms with Crippen LogP contribution in [0.3, 0.4) is 0 Å². The number of halogens is 1. The van der Waals surface area contributed by atoms with Gasteiger partial charge in [-0.25, -0.2) is 5.43 Å². The first-order valence-electron chi connectivity index (χ1n) is 8.48. The molecule has 1 amide bonds. The minimum absolute atomic E-state index is 0.0288. The van der Waals surface area contributed by atoms with Gasteiger partial charge in [-0.3, -0.25) is 4.79 Å². The summed E-state index contributed by atoms with van der Waals surface area (Å²) in [5, 5.41) is 4.03. The Bertz CT molecular complexity index is 846. The first-order valence-corrected chi connectivity index (χ1v) is 9.56. The van der Waals surface area contributed by atoms with Gasteiger partial charge in [0, 0.05) is 11.6 Å². The van der Waals surface area contributed by atoms with E-state index in [0.29, 0.717) is 28.6 Å². The lowest BCUT2D eigenvalue weighted by molar-refractivity contribution is 0.0954. The topological polar surface area (TPSA) is 78.4 Å². The second kappa shape index (κ2) is 10.2. The molecule has 0 spiro atoms. The van der Waals surface area contributed by atoms with Crippen molar-refractivity contribution in [3.05, 3.63) is 45.0 Å². The predicted octanol–water partition coefficient (Wildman–Crippen LogP) is 3.87. The van der Waals surface area contributed by atoms with E-state index < -0.39 is 0 Å². The third-order valence-corrected chi connectivity index (χ3v) is 4.40. The van der Waals surface area contributed by atoms with Crippen LogP contribution in [0.5, 0.6) is 23.0 Å². The lowest BCUT2D eigenvalue weighted by atomic mass is 10.2. The van der Waals surface area contributed by atoms with Gasteiger partial charge in [0.1, 0.15) is 11.5 Å². The highest BCUT2D eigenvalue weighted by molar-refractivity contribution is 14.1. The first kappa shape index (κ1) is 21.8. The van der Waals surface area contributed by atoms with Crippen molar-refractivity contribution >= 4 is 34.7 Å². The van der Waals surface area contributed by atoms with Crippen LogP contribution in [-0.2, 0) is 0 Å². The number of ether oxygens (including phenoxy) is 4. The van der Waals surface area contributed by atoms with E-state index in [0.717, 1.165) is 9.13 Å². The van der Waals surface area contributed by atoms with Crippen LogP contribution in [0.1, 0.15) is 29.8 Å². The van der Waals surface area contributed by atoms with Crippen molar-refractivity contribution in [1.29, 1.82) is 0 Å². The molecule has 0 aliphatic rings. The Kier molecular flexibility index (Phi) is 7.91. The Labute approximate surface area is 178 Å². The van der Waals surface area contributed by atoms with Crippen LogP contribution in [0.15, 0.2) is 35.4 Å². The van der Waals surface area contributed by atoms with Gasteiger partial charge >= 0.3 is 0 Å². The zero-order valence-electron chi connectivity index (χ0n) is 16.4. The fourth-order valence-corrected chi connectivity index (χ4v) is 3.09. The third kappa shape index (κ3) is 5.75. The second-order valence-electron chi connectivity index (χ2n) is 6.00. The normalized spacial score (nSPS) is 10.8. The number of amides is 1. The molecular weight excluding hydrogens is 475 g/mol. The number of hydrogen-bond acceptors (Lipinski definition) is 6. The quantitative estimate of drug-likeness (QED) is 0.340. The number of methoxy groups -OCH3 is 3. The molecule has 0 aromatic heterocycles. The van der Waals surface area contributed by atoms with Crippen LogP contribution < -0.4 is 24.4 Å². The summed E-state index contributed by atoms with van der Waals surface area (Å²) in [6.45, 7) is 3.90. The number of rotatable bonds is 8. The zero-order chi connectivity index (χ0) is 20.7. The van der Waals surface area contributed by atoms with Gasteiger partial charge in [0.15, 0.2) is 11.5 Å². The molecule has 0 saturated heterocycles. The van der Waals surface area contributed by atoms with Gasteiger partial charge in [-0.2, -0.15) is 5.10 Å². The van der Waals surface area contributed by atoms with E-state index >= 15 is 0 Å². The molecule has 0 saturated carbocycles. The Morgan fingerprint density at radius 3 is 2.21 bits per heavy atom. The summed E-state index contributed by atoms with van der Waals surface area (Å²) in [7, 11) is 4.63. The highest BCUT2D eigenvalue weighted by Crippen LogP contribution is 2.34. The molecule has 0 bridgehead atoms. The van der Waals surface area contributed by atoms with E-state index in [1.54, 1.807) is 37.6 Å². The van der Waals surface area contributed by atoms with Crippen LogP contribution in [0, 0.1) is 3.57 Å². The summed E-state index contributed by atoms with van der Waals surface area (Å²) < 4.78 is 22.4. The highest BCUT2D eigenvalue weighted by Gasteiger charge is 2.13. The molecule has 0 aliphatic heterocycles. The maximum Gasteiger partial charge on any atom is 0.271 e. The van der Waals surface area contributed by atoms with Crippen molar-refractivity contribution in [2.45, 2.75) is 20.0 Å². The number of hydrogen-bond donors (Lipinski definition) is 1. The third-order valence-electron chi connectivity index (χ3n) is 3.60. The first-order chi connectivity index (χ1) is 13.4. The summed E-state index contributed by atoms with van der Waals surface area (Å²) in [5.41, 5.74) is 3.64. The lowest BCUT2D eigenvalue weighted by Crippen LogP contribution is -2.17. The number of benzene rings is 2. The lowest BCUT2D eigenvalue weighted by Gasteiger charge is -2.15. The van der Waals surface area contributed by atoms with Crippen LogP contribution in [0.4, 0.5) is 0 Å². The summed E-state index contributed by atoms with van der Waals surface area (Å²) >= 11 is 2.18. The van der Waals surface area contributed by atoms with Gasteiger partial charge in [0.05, 0.1) is 37.2 Å².